The highest BCUT2D eigenvalue weighted by Gasteiger charge is 2.16. The number of amides is 1. The molecule has 1 aliphatic heterocycles. The zero-order chi connectivity index (χ0) is 24.1. The number of morpholine rings is 1. The molecule has 1 N–H and O–H groups in total. The van der Waals surface area contributed by atoms with E-state index in [1.165, 1.54) is 18.3 Å². The van der Waals surface area contributed by atoms with Gasteiger partial charge in [0.2, 0.25) is 5.91 Å². The molecule has 0 saturated carbocycles. The molecule has 2 aromatic carbocycles. The third-order valence-electron chi connectivity index (χ3n) is 5.50. The molecule has 4 rings (SSSR count). The van der Waals surface area contributed by atoms with Gasteiger partial charge in [-0.3, -0.25) is 9.78 Å². The Kier molecular flexibility index (Phi) is 7.26. The third-order valence-corrected chi connectivity index (χ3v) is 5.79. The molecule has 1 aliphatic rings. The highest BCUT2D eigenvalue weighted by molar-refractivity contribution is 6.31. The van der Waals surface area contributed by atoms with E-state index in [0.717, 1.165) is 5.56 Å². The highest BCUT2D eigenvalue weighted by Crippen LogP contribution is 2.34. The number of anilines is 2. The number of carbonyl (C=O) groups excluding carboxylic acids is 1. The van der Waals surface area contributed by atoms with Crippen molar-refractivity contribution in [2.75, 3.05) is 38.7 Å². The maximum absolute atomic E-state index is 13.6. The summed E-state index contributed by atoms with van der Waals surface area (Å²) in [6, 6.07) is 10.0. The maximum Gasteiger partial charge on any atom is 0.246 e. The molecule has 1 amide bonds. The first-order valence-corrected chi connectivity index (χ1v) is 11.0. The Balaban J connectivity index is 1.67. The number of benzene rings is 2. The second kappa shape index (κ2) is 10.5. The number of halogens is 2. The molecule has 0 spiro atoms. The number of methoxy groups -OCH3 is 1. The van der Waals surface area contributed by atoms with Gasteiger partial charge in [0.15, 0.2) is 0 Å². The molecule has 0 aliphatic carbocycles. The quantitative estimate of drug-likeness (QED) is 0.518. The number of allylic oxidation sites excluding steroid dienone is 1. The second-order valence-corrected chi connectivity index (χ2v) is 8.05. The molecule has 7 nitrogen and oxygen atoms in total. The molecule has 1 saturated heterocycles. The van der Waals surface area contributed by atoms with Crippen LogP contribution in [0, 0.1) is 17.1 Å². The molecular formula is C25H22ClFN4O3. The number of nitriles is 1. The van der Waals surface area contributed by atoms with Crippen LogP contribution in [0.2, 0.25) is 5.02 Å². The minimum Gasteiger partial charge on any atom is -0.496 e. The third kappa shape index (κ3) is 5.11. The predicted octanol–water partition coefficient (Wildman–Crippen LogP) is 4.61. The summed E-state index contributed by atoms with van der Waals surface area (Å²) in [4.78, 5) is 18.5. The van der Waals surface area contributed by atoms with Crippen LogP contribution in [-0.4, -0.2) is 49.2 Å². The van der Waals surface area contributed by atoms with E-state index in [4.69, 9.17) is 21.1 Å². The Morgan fingerprint density at radius 3 is 2.85 bits per heavy atom. The topological polar surface area (TPSA) is 87.5 Å². The Bertz CT molecular complexity index is 1300. The molecule has 1 fully saturated rings. The molecule has 2 heterocycles. The molecular weight excluding hydrogens is 459 g/mol. The number of nitrogens with one attached hydrogen (secondary N) is 1. The van der Waals surface area contributed by atoms with Crippen molar-refractivity contribution in [3.05, 3.63) is 70.6 Å². The zero-order valence-corrected chi connectivity index (χ0v) is 19.2. The van der Waals surface area contributed by atoms with Crippen molar-refractivity contribution >= 4 is 39.8 Å². The van der Waals surface area contributed by atoms with E-state index in [0.29, 0.717) is 66.3 Å². The summed E-state index contributed by atoms with van der Waals surface area (Å²) in [6.45, 7) is 2.24. The highest BCUT2D eigenvalue weighted by atomic mass is 35.5. The van der Waals surface area contributed by atoms with Crippen molar-refractivity contribution in [1.82, 2.24) is 9.88 Å². The van der Waals surface area contributed by atoms with Crippen LogP contribution in [0.4, 0.5) is 15.8 Å². The average molecular weight is 481 g/mol. The van der Waals surface area contributed by atoms with E-state index in [1.54, 1.807) is 36.3 Å². The van der Waals surface area contributed by atoms with Gasteiger partial charge in [0, 0.05) is 36.4 Å². The number of fused-ring (bicyclic) bond motifs is 1. The van der Waals surface area contributed by atoms with Gasteiger partial charge in [0.25, 0.3) is 0 Å². The van der Waals surface area contributed by atoms with E-state index in [1.807, 2.05) is 6.07 Å². The molecule has 3 aromatic rings. The molecule has 0 unspecified atom stereocenters. The summed E-state index contributed by atoms with van der Waals surface area (Å²) in [5.74, 6) is 0.0220. The summed E-state index contributed by atoms with van der Waals surface area (Å²) >= 11 is 5.92. The largest absolute Gasteiger partial charge is 0.496 e. The predicted molar refractivity (Wildman–Crippen MR) is 128 cm³/mol. The molecule has 9 heteroatoms. The minimum atomic E-state index is -0.530. The molecule has 0 radical (unpaired) electrons. The fourth-order valence-corrected chi connectivity index (χ4v) is 3.91. The van der Waals surface area contributed by atoms with Crippen LogP contribution in [-0.2, 0) is 16.0 Å². The summed E-state index contributed by atoms with van der Waals surface area (Å²) in [7, 11) is 1.57. The SMILES string of the molecule is COc1cc2ncc(C#N)c(Nc3ccc(F)c(Cl)c3)c2cc1C/C=C/C(=O)N1CCOCC1. The summed E-state index contributed by atoms with van der Waals surface area (Å²) in [6.07, 6.45) is 5.25. The number of pyridine rings is 1. The van der Waals surface area contributed by atoms with E-state index in [-0.39, 0.29) is 10.9 Å². The Morgan fingerprint density at radius 2 is 2.15 bits per heavy atom. The van der Waals surface area contributed by atoms with Gasteiger partial charge in [-0.15, -0.1) is 0 Å². The number of carbonyl (C=O) groups is 1. The molecule has 0 bridgehead atoms. The van der Waals surface area contributed by atoms with Gasteiger partial charge in [-0.1, -0.05) is 17.7 Å². The molecule has 1 aromatic heterocycles. The van der Waals surface area contributed by atoms with Crippen LogP contribution in [0.3, 0.4) is 0 Å². The summed E-state index contributed by atoms with van der Waals surface area (Å²) in [5.41, 5.74) is 2.81. The lowest BCUT2D eigenvalue weighted by molar-refractivity contribution is -0.129. The van der Waals surface area contributed by atoms with Gasteiger partial charge >= 0.3 is 0 Å². The fraction of sp³-hybridized carbons (Fsp3) is 0.240. The summed E-state index contributed by atoms with van der Waals surface area (Å²) in [5, 5.41) is 13.5. The van der Waals surface area contributed by atoms with E-state index >= 15 is 0 Å². The second-order valence-electron chi connectivity index (χ2n) is 7.64. The van der Waals surface area contributed by atoms with Crippen molar-refractivity contribution in [3.63, 3.8) is 0 Å². The number of aromatic nitrogens is 1. The van der Waals surface area contributed by atoms with Crippen LogP contribution < -0.4 is 10.1 Å². The van der Waals surface area contributed by atoms with Crippen molar-refractivity contribution < 1.29 is 18.7 Å². The van der Waals surface area contributed by atoms with Gasteiger partial charge in [0.1, 0.15) is 17.6 Å². The Labute approximate surface area is 201 Å². The Hall–Kier alpha value is -3.67. The van der Waals surface area contributed by atoms with Gasteiger partial charge in [-0.2, -0.15) is 5.26 Å². The van der Waals surface area contributed by atoms with Crippen LogP contribution in [0.5, 0.6) is 5.75 Å². The van der Waals surface area contributed by atoms with Crippen LogP contribution in [0.15, 0.2) is 48.7 Å². The number of hydrogen-bond donors (Lipinski definition) is 1. The molecule has 174 valence electrons. The van der Waals surface area contributed by atoms with E-state index < -0.39 is 5.82 Å². The van der Waals surface area contributed by atoms with Gasteiger partial charge in [-0.25, -0.2) is 4.39 Å². The Morgan fingerprint density at radius 1 is 1.35 bits per heavy atom. The van der Waals surface area contributed by atoms with Gasteiger partial charge in [-0.05, 0) is 42.3 Å². The first kappa shape index (κ1) is 23.5. The lowest BCUT2D eigenvalue weighted by Crippen LogP contribution is -2.39. The monoisotopic (exact) mass is 480 g/mol. The lowest BCUT2D eigenvalue weighted by atomic mass is 10.0. The maximum atomic E-state index is 13.6. The zero-order valence-electron chi connectivity index (χ0n) is 18.5. The molecule has 0 atom stereocenters. The fourth-order valence-electron chi connectivity index (χ4n) is 3.73. The van der Waals surface area contributed by atoms with Gasteiger partial charge < -0.3 is 19.7 Å². The molecule has 34 heavy (non-hydrogen) atoms. The number of nitrogens with zero attached hydrogens (tertiary/aromatic N) is 3. The van der Waals surface area contributed by atoms with Crippen molar-refractivity contribution in [2.24, 2.45) is 0 Å². The van der Waals surface area contributed by atoms with Crippen molar-refractivity contribution in [2.45, 2.75) is 6.42 Å². The van der Waals surface area contributed by atoms with E-state index in [2.05, 4.69) is 16.4 Å². The standard InChI is InChI=1S/C25H22ClFN4O3/c1-33-23-13-22-19(11-16(23)3-2-4-24(32)31-7-9-34-10-8-31)25(17(14-28)15-29-22)30-18-5-6-21(27)20(26)12-18/h2,4-6,11-13,15H,3,7-10H2,1H3,(H,29,30)/b4-2+. The first-order chi connectivity index (χ1) is 16.5. The normalized spacial score (nSPS) is 13.8. The van der Waals surface area contributed by atoms with Crippen LogP contribution in [0.1, 0.15) is 11.1 Å². The number of ether oxygens (including phenoxy) is 2. The number of rotatable bonds is 6. The smallest absolute Gasteiger partial charge is 0.246 e. The van der Waals surface area contributed by atoms with E-state index in [9.17, 15) is 14.4 Å². The number of hydrogen-bond acceptors (Lipinski definition) is 6. The first-order valence-electron chi connectivity index (χ1n) is 10.6. The summed E-state index contributed by atoms with van der Waals surface area (Å²) < 4.78 is 24.4. The van der Waals surface area contributed by atoms with Gasteiger partial charge in [0.05, 0.1) is 42.1 Å². The minimum absolute atomic E-state index is 0.0284. The lowest BCUT2D eigenvalue weighted by Gasteiger charge is -2.25. The van der Waals surface area contributed by atoms with Crippen molar-refractivity contribution in [1.29, 1.82) is 5.26 Å². The van der Waals surface area contributed by atoms with Crippen LogP contribution >= 0.6 is 11.6 Å². The average Bonchev–Trinajstić information content (AvgIpc) is 2.86. The van der Waals surface area contributed by atoms with Crippen LogP contribution in [0.25, 0.3) is 10.9 Å². The van der Waals surface area contributed by atoms with Crippen molar-refractivity contribution in [3.8, 4) is 11.8 Å².